The van der Waals surface area contributed by atoms with Gasteiger partial charge < -0.3 is 19.3 Å². The smallest absolute Gasteiger partial charge is 0.475 e. The summed E-state index contributed by atoms with van der Waals surface area (Å²) in [5, 5.41) is 7.12. The molecule has 1 saturated heterocycles. The van der Waals surface area contributed by atoms with Crippen LogP contribution >= 0.6 is 0 Å². The summed E-state index contributed by atoms with van der Waals surface area (Å²) in [6.07, 6.45) is 3.67. The third-order valence-electron chi connectivity index (χ3n) is 5.42. The maximum Gasteiger partial charge on any atom is 0.490 e. The molecular weight excluding hydrogens is 405 g/mol. The van der Waals surface area contributed by atoms with Crippen molar-refractivity contribution in [2.75, 3.05) is 39.4 Å². The number of ether oxygens (including phenoxy) is 1. The van der Waals surface area contributed by atoms with Gasteiger partial charge in [-0.1, -0.05) is 0 Å². The van der Waals surface area contributed by atoms with Crippen LogP contribution in [-0.2, 0) is 20.9 Å². The number of alkyl halides is 3. The van der Waals surface area contributed by atoms with Crippen LogP contribution < -0.4 is 0 Å². The van der Waals surface area contributed by atoms with Gasteiger partial charge in [0.1, 0.15) is 0 Å². The minimum Gasteiger partial charge on any atom is -0.475 e. The number of rotatable bonds is 6. The number of carbonyl (C=O) groups is 2. The molecule has 1 aromatic rings. The highest BCUT2D eigenvalue weighted by molar-refractivity contribution is 5.78. The molecule has 0 spiro atoms. The molecule has 0 radical (unpaired) electrons. The number of likely N-dealkylation sites (tertiary alicyclic amines) is 1. The lowest BCUT2D eigenvalue weighted by molar-refractivity contribution is -0.192. The Morgan fingerprint density at radius 2 is 1.87 bits per heavy atom. The molecule has 1 saturated carbocycles. The van der Waals surface area contributed by atoms with Crippen molar-refractivity contribution in [2.45, 2.75) is 44.4 Å². The van der Waals surface area contributed by atoms with Crippen molar-refractivity contribution in [3.8, 4) is 0 Å². The highest BCUT2D eigenvalue weighted by atomic mass is 19.4. The molecule has 1 atom stereocenters. The van der Waals surface area contributed by atoms with Crippen LogP contribution in [0, 0.1) is 5.92 Å². The van der Waals surface area contributed by atoms with Gasteiger partial charge in [0.15, 0.2) is 0 Å². The van der Waals surface area contributed by atoms with E-state index in [9.17, 15) is 18.0 Å². The van der Waals surface area contributed by atoms with E-state index in [1.54, 1.807) is 0 Å². The minimum atomic E-state index is -5.08. The van der Waals surface area contributed by atoms with Crippen LogP contribution in [0.4, 0.5) is 13.2 Å². The molecule has 1 aromatic heterocycles. The zero-order valence-corrected chi connectivity index (χ0v) is 16.7. The first-order valence-corrected chi connectivity index (χ1v) is 10.1. The summed E-state index contributed by atoms with van der Waals surface area (Å²) in [6.45, 7) is 5.65. The van der Waals surface area contributed by atoms with Gasteiger partial charge in [-0.05, 0) is 31.6 Å². The van der Waals surface area contributed by atoms with Gasteiger partial charge in [0, 0.05) is 39.0 Å². The van der Waals surface area contributed by atoms with Crippen LogP contribution in [0.5, 0.6) is 0 Å². The van der Waals surface area contributed by atoms with Gasteiger partial charge in [-0.15, -0.1) is 0 Å². The molecule has 1 amide bonds. The molecule has 1 N–H and O–H groups in total. The second-order valence-electron chi connectivity index (χ2n) is 7.99. The lowest BCUT2D eigenvalue weighted by atomic mass is 10.2. The Hall–Kier alpha value is -2.14. The van der Waals surface area contributed by atoms with Gasteiger partial charge >= 0.3 is 12.1 Å². The predicted octanol–water partition coefficient (Wildman–Crippen LogP) is 1.92. The topological polar surface area (TPSA) is 87.9 Å². The first-order valence-electron chi connectivity index (χ1n) is 10.1. The second kappa shape index (κ2) is 9.78. The number of amides is 1. The molecule has 3 heterocycles. The van der Waals surface area contributed by atoms with Gasteiger partial charge in [0.05, 0.1) is 31.2 Å². The predicted molar refractivity (Wildman–Crippen MR) is 99.6 cm³/mol. The van der Waals surface area contributed by atoms with E-state index in [2.05, 4.69) is 14.5 Å². The molecule has 0 aromatic carbocycles. The van der Waals surface area contributed by atoms with Crippen LogP contribution in [0.15, 0.2) is 12.5 Å². The van der Waals surface area contributed by atoms with Gasteiger partial charge in [-0.3, -0.25) is 9.69 Å². The van der Waals surface area contributed by atoms with E-state index in [1.165, 1.54) is 18.5 Å². The Morgan fingerprint density at radius 1 is 1.20 bits per heavy atom. The van der Waals surface area contributed by atoms with Gasteiger partial charge in [0.2, 0.25) is 5.91 Å². The molecule has 1 aliphatic carbocycles. The van der Waals surface area contributed by atoms with Gasteiger partial charge in [-0.2, -0.15) is 13.2 Å². The number of nitrogens with zero attached hydrogens (tertiary/aromatic N) is 4. The molecule has 0 bridgehead atoms. The number of aromatic nitrogens is 2. The van der Waals surface area contributed by atoms with E-state index in [0.29, 0.717) is 13.2 Å². The number of fused-ring (bicyclic) bond motifs is 1. The van der Waals surface area contributed by atoms with E-state index < -0.39 is 12.1 Å². The SMILES string of the molecule is O=C(CN1Cc2cncn2C(COCC2CC2)C1)N1CCCC1.O=C(O)C(F)(F)F. The number of aliphatic carboxylic acids is 1. The number of halogens is 3. The van der Waals surface area contributed by atoms with E-state index in [0.717, 1.165) is 51.5 Å². The second-order valence-corrected chi connectivity index (χ2v) is 7.99. The van der Waals surface area contributed by atoms with E-state index >= 15 is 0 Å². The van der Waals surface area contributed by atoms with E-state index in [4.69, 9.17) is 14.6 Å². The number of hydrogen-bond acceptors (Lipinski definition) is 5. The summed E-state index contributed by atoms with van der Waals surface area (Å²) >= 11 is 0. The Balaban J connectivity index is 0.000000318. The average molecular weight is 432 g/mol. The van der Waals surface area contributed by atoms with Crippen LogP contribution in [0.2, 0.25) is 0 Å². The van der Waals surface area contributed by atoms with Crippen molar-refractivity contribution in [2.24, 2.45) is 5.92 Å². The van der Waals surface area contributed by atoms with Crippen molar-refractivity contribution < 1.29 is 32.6 Å². The van der Waals surface area contributed by atoms with Crippen molar-refractivity contribution in [1.82, 2.24) is 19.4 Å². The third-order valence-corrected chi connectivity index (χ3v) is 5.42. The maximum atomic E-state index is 12.4. The molecule has 2 aliphatic heterocycles. The van der Waals surface area contributed by atoms with Crippen molar-refractivity contribution in [1.29, 1.82) is 0 Å². The van der Waals surface area contributed by atoms with Crippen LogP contribution in [-0.4, -0.2) is 81.9 Å². The summed E-state index contributed by atoms with van der Waals surface area (Å²) < 4.78 is 39.9. The quantitative estimate of drug-likeness (QED) is 0.739. The average Bonchev–Trinajstić information content (AvgIpc) is 3.15. The maximum absolute atomic E-state index is 12.4. The Morgan fingerprint density at radius 3 is 2.47 bits per heavy atom. The zero-order chi connectivity index (χ0) is 21.7. The number of imidazole rings is 1. The number of hydrogen-bond donors (Lipinski definition) is 1. The zero-order valence-electron chi connectivity index (χ0n) is 16.7. The summed E-state index contributed by atoms with van der Waals surface area (Å²) in [6, 6.07) is 0.270. The first kappa shape index (κ1) is 22.5. The minimum absolute atomic E-state index is 0.270. The van der Waals surface area contributed by atoms with Gasteiger partial charge in [-0.25, -0.2) is 9.78 Å². The van der Waals surface area contributed by atoms with Crippen LogP contribution in [0.1, 0.15) is 37.4 Å². The summed E-state index contributed by atoms with van der Waals surface area (Å²) in [4.78, 5) is 29.9. The molecule has 30 heavy (non-hydrogen) atoms. The fourth-order valence-electron chi connectivity index (χ4n) is 3.63. The fraction of sp³-hybridized carbons (Fsp3) is 0.737. The molecule has 1 unspecified atom stereocenters. The first-order chi connectivity index (χ1) is 14.2. The molecular formula is C19H27F3N4O4. The Labute approximate surface area is 172 Å². The Bertz CT molecular complexity index is 730. The largest absolute Gasteiger partial charge is 0.490 e. The molecule has 3 aliphatic rings. The number of carboxylic acid groups (broad SMARTS) is 1. The van der Waals surface area contributed by atoms with Crippen LogP contribution in [0.3, 0.4) is 0 Å². The summed E-state index contributed by atoms with van der Waals surface area (Å²) in [5.74, 6) is -1.70. The van der Waals surface area contributed by atoms with Gasteiger partial charge in [0.25, 0.3) is 0 Å². The van der Waals surface area contributed by atoms with E-state index in [1.807, 2.05) is 17.4 Å². The molecule has 2 fully saturated rings. The van der Waals surface area contributed by atoms with Crippen molar-refractivity contribution in [3.63, 3.8) is 0 Å². The number of carboxylic acids is 1. The lowest BCUT2D eigenvalue weighted by Gasteiger charge is -2.34. The lowest BCUT2D eigenvalue weighted by Crippen LogP contribution is -2.44. The molecule has 8 nitrogen and oxygen atoms in total. The van der Waals surface area contributed by atoms with Crippen molar-refractivity contribution in [3.05, 3.63) is 18.2 Å². The van der Waals surface area contributed by atoms with E-state index in [-0.39, 0.29) is 11.9 Å². The summed E-state index contributed by atoms with van der Waals surface area (Å²) in [7, 11) is 0. The highest BCUT2D eigenvalue weighted by Crippen LogP contribution is 2.29. The monoisotopic (exact) mass is 432 g/mol. The molecule has 4 rings (SSSR count). The molecule has 168 valence electrons. The standard InChI is InChI=1S/C17H26N4O2.C2HF3O2/c22-17(20-5-1-2-6-20)10-19-8-15-7-18-13-21(15)16(9-19)12-23-11-14-3-4-14;3-2(4,5)1(6)7/h7,13-14,16H,1-6,8-12H2;(H,6,7). The summed E-state index contributed by atoms with van der Waals surface area (Å²) in [5.41, 5.74) is 1.19. The van der Waals surface area contributed by atoms with Crippen molar-refractivity contribution >= 4 is 11.9 Å². The normalized spacial score (nSPS) is 21.7. The molecule has 11 heteroatoms. The van der Waals surface area contributed by atoms with Crippen LogP contribution in [0.25, 0.3) is 0 Å². The highest BCUT2D eigenvalue weighted by Gasteiger charge is 2.38. The fourth-order valence-corrected chi connectivity index (χ4v) is 3.63. The number of carbonyl (C=O) groups excluding carboxylic acids is 1. The Kier molecular flexibility index (Phi) is 7.35. The third kappa shape index (κ3) is 6.43.